The maximum atomic E-state index is 5.41. The number of hydrogen-bond acceptors (Lipinski definition) is 1. The van der Waals surface area contributed by atoms with Gasteiger partial charge in [-0.1, -0.05) is 5.57 Å². The van der Waals surface area contributed by atoms with E-state index in [0.717, 1.165) is 0 Å². The molecular weight excluding hydrogens is 128 g/mol. The Hall–Kier alpha value is 0.380. The first kappa shape index (κ1) is 7.38. The van der Waals surface area contributed by atoms with Gasteiger partial charge in [0.1, 0.15) is 0 Å². The minimum absolute atomic E-state index is 1.20. The van der Waals surface area contributed by atoms with Gasteiger partial charge >= 0.3 is 0 Å². The summed E-state index contributed by atoms with van der Waals surface area (Å²) in [7, 11) is 6.69. The van der Waals surface area contributed by atoms with Gasteiger partial charge in [0.15, 0.2) is 0 Å². The van der Waals surface area contributed by atoms with Crippen molar-refractivity contribution in [3.05, 3.63) is 10.5 Å². The third kappa shape index (κ3) is 3.01. The van der Waals surface area contributed by atoms with Gasteiger partial charge in [-0.2, -0.15) is 0 Å². The Morgan fingerprint density at radius 2 is 1.71 bits per heavy atom. The summed E-state index contributed by atoms with van der Waals surface area (Å²) >= 11 is 0. The van der Waals surface area contributed by atoms with E-state index in [1.165, 1.54) is 21.5 Å². The zero-order chi connectivity index (χ0) is 5.86. The summed E-state index contributed by atoms with van der Waals surface area (Å²) in [6.07, 6.45) is 0. The molecule has 0 unspecified atom stereocenters. The van der Waals surface area contributed by atoms with Crippen LogP contribution in [0.15, 0.2) is 10.5 Å². The van der Waals surface area contributed by atoms with E-state index in [0.29, 0.717) is 0 Å². The first-order valence-corrected chi connectivity index (χ1v) is 3.75. The van der Waals surface area contributed by atoms with Crippen LogP contribution in [0.4, 0.5) is 0 Å². The third-order valence-electron chi connectivity index (χ3n) is 0.820. The molecule has 0 aromatic carbocycles. The van der Waals surface area contributed by atoms with Crippen LogP contribution in [-0.2, 0) is 0 Å². The minimum atomic E-state index is 1.20. The lowest BCUT2D eigenvalue weighted by Crippen LogP contribution is -1.65. The van der Waals surface area contributed by atoms with E-state index in [1.54, 1.807) is 0 Å². The molecule has 2 heteroatoms. The molecule has 0 aromatic heterocycles. The summed E-state index contributed by atoms with van der Waals surface area (Å²) in [4.78, 5) is 1.20. The molecule has 0 aromatic rings. The first-order chi connectivity index (χ1) is 3.18. The van der Waals surface area contributed by atoms with E-state index in [2.05, 4.69) is 0 Å². The Kier molecular flexibility index (Phi) is 3.57. The zero-order valence-electron chi connectivity index (χ0n) is 4.79. The second-order valence-electron chi connectivity index (χ2n) is 1.63. The van der Waals surface area contributed by atoms with Crippen LogP contribution in [0.3, 0.4) is 0 Å². The van der Waals surface area contributed by atoms with Crippen LogP contribution in [0, 0.1) is 0 Å². The quantitative estimate of drug-likeness (QED) is 0.534. The summed E-state index contributed by atoms with van der Waals surface area (Å²) in [6, 6.07) is 0. The Labute approximate surface area is 53.4 Å². The monoisotopic (exact) mass is 136 g/mol. The lowest BCUT2D eigenvalue weighted by Gasteiger charge is -1.91. The fraction of sp³-hybridized carbons (Fsp3) is 0.600. The lowest BCUT2D eigenvalue weighted by molar-refractivity contribution is 1.35. The van der Waals surface area contributed by atoms with Crippen LogP contribution in [0.25, 0.3) is 0 Å². The van der Waals surface area contributed by atoms with Crippen LogP contribution >= 0.6 is 21.7 Å². The molecule has 0 radical (unpaired) electrons. The predicted octanol–water partition coefficient (Wildman–Crippen LogP) is 3.19. The number of hydrogen-bond donors (Lipinski definition) is 0. The van der Waals surface area contributed by atoms with Crippen molar-refractivity contribution in [3.63, 3.8) is 0 Å². The van der Waals surface area contributed by atoms with Crippen molar-refractivity contribution < 1.29 is 0 Å². The molecule has 0 nitrogen and oxygen atoms in total. The van der Waals surface area contributed by atoms with Gasteiger partial charge in [0.25, 0.3) is 0 Å². The van der Waals surface area contributed by atoms with E-state index in [1.807, 2.05) is 20.8 Å². The predicted molar refractivity (Wildman–Crippen MR) is 37.5 cm³/mol. The maximum Gasteiger partial charge on any atom is -0.00360 e. The molecule has 0 saturated carbocycles. The van der Waals surface area contributed by atoms with Crippen LogP contribution in [0.1, 0.15) is 20.8 Å². The van der Waals surface area contributed by atoms with Gasteiger partial charge in [-0.3, -0.25) is 0 Å². The molecule has 0 aliphatic rings. The highest BCUT2D eigenvalue weighted by Gasteiger charge is 1.85. The number of rotatable bonds is 1. The highest BCUT2D eigenvalue weighted by molar-refractivity contribution is 8.24. The van der Waals surface area contributed by atoms with Gasteiger partial charge in [0.2, 0.25) is 0 Å². The second kappa shape index (κ2) is 3.39. The molecule has 0 bridgehead atoms. The van der Waals surface area contributed by atoms with E-state index >= 15 is 0 Å². The van der Waals surface area contributed by atoms with E-state index < -0.39 is 0 Å². The van der Waals surface area contributed by atoms with Crippen LogP contribution in [-0.4, -0.2) is 0 Å². The van der Waals surface area contributed by atoms with Gasteiger partial charge in [-0.25, -0.2) is 0 Å². The van der Waals surface area contributed by atoms with Crippen molar-refractivity contribution in [1.82, 2.24) is 0 Å². The maximum absolute atomic E-state index is 5.41. The molecule has 0 amide bonds. The van der Waals surface area contributed by atoms with Gasteiger partial charge in [-0.05, 0) is 47.3 Å². The molecule has 42 valence electrons. The largest absolute Gasteiger partial charge is 0.0660 e. The molecule has 0 fully saturated rings. The highest BCUT2D eigenvalue weighted by atomic mass is 35.7. The van der Waals surface area contributed by atoms with Crippen LogP contribution < -0.4 is 0 Å². The summed E-state index contributed by atoms with van der Waals surface area (Å²) in [5.41, 5.74) is 1.29. The molecule has 7 heavy (non-hydrogen) atoms. The molecule has 0 saturated heterocycles. The van der Waals surface area contributed by atoms with Crippen molar-refractivity contribution in [3.8, 4) is 0 Å². The fourth-order valence-electron chi connectivity index (χ4n) is 0.0772. The standard InChI is InChI=1S/C5H9ClS/c1-4(2)5(3)7-6/h1-3H3. The smallest absolute Gasteiger partial charge is 0.00360 e. The molecule has 0 aliphatic heterocycles. The number of halogens is 1. The molecule has 0 atom stereocenters. The molecule has 0 heterocycles. The molecular formula is C5H9ClS. The van der Waals surface area contributed by atoms with Crippen LogP contribution in [0.5, 0.6) is 0 Å². The van der Waals surface area contributed by atoms with Crippen molar-refractivity contribution in [2.24, 2.45) is 0 Å². The van der Waals surface area contributed by atoms with Crippen molar-refractivity contribution in [2.45, 2.75) is 20.8 Å². The van der Waals surface area contributed by atoms with Gasteiger partial charge in [0.05, 0.1) is 0 Å². The zero-order valence-corrected chi connectivity index (χ0v) is 6.36. The Morgan fingerprint density at radius 1 is 1.29 bits per heavy atom. The topological polar surface area (TPSA) is 0 Å². The molecule has 0 aliphatic carbocycles. The van der Waals surface area contributed by atoms with Crippen molar-refractivity contribution >= 4 is 21.7 Å². The lowest BCUT2D eigenvalue weighted by atomic mass is 10.3. The summed E-state index contributed by atoms with van der Waals surface area (Å²) < 4.78 is 0. The SMILES string of the molecule is CC(C)=C(C)SCl. The van der Waals surface area contributed by atoms with Gasteiger partial charge < -0.3 is 0 Å². The van der Waals surface area contributed by atoms with Gasteiger partial charge in [-0.15, -0.1) is 0 Å². The minimum Gasteiger partial charge on any atom is -0.0660 e. The fourth-order valence-corrected chi connectivity index (χ4v) is 0.694. The van der Waals surface area contributed by atoms with Crippen molar-refractivity contribution in [1.29, 1.82) is 0 Å². The molecule has 0 rings (SSSR count). The summed E-state index contributed by atoms with van der Waals surface area (Å²) in [5, 5.41) is 0. The van der Waals surface area contributed by atoms with E-state index in [9.17, 15) is 0 Å². The van der Waals surface area contributed by atoms with Crippen molar-refractivity contribution in [2.75, 3.05) is 0 Å². The second-order valence-corrected chi connectivity index (χ2v) is 2.86. The number of allylic oxidation sites excluding steroid dienone is 2. The highest BCUT2D eigenvalue weighted by Crippen LogP contribution is 2.21. The van der Waals surface area contributed by atoms with E-state index in [-0.39, 0.29) is 0 Å². The Bertz CT molecular complexity index is 82.1. The average molecular weight is 137 g/mol. The van der Waals surface area contributed by atoms with Crippen LogP contribution in [0.2, 0.25) is 0 Å². The molecule has 0 spiro atoms. The molecule has 0 N–H and O–H groups in total. The third-order valence-corrected chi connectivity index (χ3v) is 2.15. The Morgan fingerprint density at radius 3 is 1.71 bits per heavy atom. The van der Waals surface area contributed by atoms with E-state index in [4.69, 9.17) is 10.7 Å². The average Bonchev–Trinajstić information content (AvgIpc) is 1.65. The first-order valence-electron chi connectivity index (χ1n) is 2.11. The summed E-state index contributed by atoms with van der Waals surface area (Å²) in [5.74, 6) is 0. The normalized spacial score (nSPS) is 8.57. The summed E-state index contributed by atoms with van der Waals surface area (Å²) in [6.45, 7) is 6.10. The Balaban J connectivity index is 3.72. The van der Waals surface area contributed by atoms with Gasteiger partial charge in [0, 0.05) is 0 Å².